The molecule has 20 heavy (non-hydrogen) atoms. The summed E-state index contributed by atoms with van der Waals surface area (Å²) in [5, 5.41) is 0.676. The fraction of sp³-hybridized carbons (Fsp3) is 0.625. The molecule has 0 amide bonds. The number of hydrogen-bond acceptors (Lipinski definition) is 3. The highest BCUT2D eigenvalue weighted by Crippen LogP contribution is 2.33. The lowest BCUT2D eigenvalue weighted by Crippen LogP contribution is -2.45. The van der Waals surface area contributed by atoms with Crippen molar-refractivity contribution in [3.63, 3.8) is 0 Å². The van der Waals surface area contributed by atoms with Crippen LogP contribution in [0.15, 0.2) is 22.7 Å². The smallest absolute Gasteiger partial charge is 0.0413 e. The van der Waals surface area contributed by atoms with Crippen LogP contribution in [0, 0.1) is 0 Å². The van der Waals surface area contributed by atoms with Gasteiger partial charge in [-0.05, 0) is 37.5 Å². The van der Waals surface area contributed by atoms with E-state index >= 15 is 0 Å². The summed E-state index contributed by atoms with van der Waals surface area (Å²) in [6.07, 6.45) is 1.99. The summed E-state index contributed by atoms with van der Waals surface area (Å²) in [7, 11) is 0. The first-order chi connectivity index (χ1) is 9.52. The van der Waals surface area contributed by atoms with Crippen molar-refractivity contribution in [1.29, 1.82) is 0 Å². The second-order valence-corrected chi connectivity index (χ2v) is 8.06. The summed E-state index contributed by atoms with van der Waals surface area (Å²) in [6.45, 7) is 7.95. The van der Waals surface area contributed by atoms with Gasteiger partial charge in [-0.2, -0.15) is 11.8 Å². The van der Waals surface area contributed by atoms with E-state index in [1.54, 1.807) is 0 Å². The van der Waals surface area contributed by atoms with Crippen LogP contribution in [0.3, 0.4) is 0 Å². The van der Waals surface area contributed by atoms with Gasteiger partial charge < -0.3 is 10.6 Å². The van der Waals surface area contributed by atoms with Crippen molar-refractivity contribution in [2.24, 2.45) is 5.73 Å². The normalized spacial score (nSPS) is 24.8. The molecule has 2 nitrogen and oxygen atoms in total. The zero-order valence-electron chi connectivity index (χ0n) is 12.6. The molecule has 1 aromatic carbocycles. The number of hydrogen-bond donors (Lipinski definition) is 1. The lowest BCUT2D eigenvalue weighted by atomic mass is 10.0. The summed E-state index contributed by atoms with van der Waals surface area (Å²) in [5.41, 5.74) is 8.92. The summed E-state index contributed by atoms with van der Waals surface area (Å²) in [4.78, 5) is 2.56. The fourth-order valence-corrected chi connectivity index (χ4v) is 4.13. The molecule has 0 radical (unpaired) electrons. The number of anilines is 1. The van der Waals surface area contributed by atoms with Gasteiger partial charge in [-0.1, -0.05) is 35.8 Å². The van der Waals surface area contributed by atoms with E-state index in [4.69, 9.17) is 5.73 Å². The van der Waals surface area contributed by atoms with Gasteiger partial charge in [-0.15, -0.1) is 0 Å². The van der Waals surface area contributed by atoms with Crippen LogP contribution in [0.1, 0.15) is 32.8 Å². The maximum absolute atomic E-state index is 6.17. The van der Waals surface area contributed by atoms with Crippen molar-refractivity contribution in [2.75, 3.05) is 17.2 Å². The van der Waals surface area contributed by atoms with Gasteiger partial charge in [-0.25, -0.2) is 0 Å². The van der Waals surface area contributed by atoms with E-state index in [0.717, 1.165) is 23.9 Å². The minimum Gasteiger partial charge on any atom is -0.367 e. The average Bonchev–Trinajstić information content (AvgIpc) is 2.44. The minimum atomic E-state index is 0.252. The molecule has 0 aromatic heterocycles. The highest BCUT2D eigenvalue weighted by atomic mass is 79.9. The molecule has 2 rings (SSSR count). The number of nitrogens with two attached hydrogens (primary N) is 1. The Morgan fingerprint density at radius 1 is 1.45 bits per heavy atom. The number of thioether (sulfide) groups is 1. The van der Waals surface area contributed by atoms with Crippen LogP contribution in [-0.2, 0) is 6.42 Å². The van der Waals surface area contributed by atoms with E-state index in [0.29, 0.717) is 11.3 Å². The standard InChI is InChI=1S/C16H25BrN2S/c1-4-15(18)9-13-5-6-14(17)10-16(13)19-7-8-20-12(3)11(19)2/h5-6,10-12,15H,4,7-9,18H2,1-3H3. The monoisotopic (exact) mass is 356 g/mol. The van der Waals surface area contributed by atoms with E-state index in [2.05, 4.69) is 71.6 Å². The van der Waals surface area contributed by atoms with Crippen molar-refractivity contribution in [2.45, 2.75) is 50.9 Å². The quantitative estimate of drug-likeness (QED) is 0.881. The molecule has 112 valence electrons. The molecule has 1 aromatic rings. The van der Waals surface area contributed by atoms with E-state index in [-0.39, 0.29) is 6.04 Å². The van der Waals surface area contributed by atoms with Crippen LogP contribution < -0.4 is 10.6 Å². The zero-order chi connectivity index (χ0) is 14.7. The Morgan fingerprint density at radius 3 is 2.90 bits per heavy atom. The van der Waals surface area contributed by atoms with E-state index in [9.17, 15) is 0 Å². The van der Waals surface area contributed by atoms with Gasteiger partial charge in [0.2, 0.25) is 0 Å². The van der Waals surface area contributed by atoms with Gasteiger partial charge in [-0.3, -0.25) is 0 Å². The molecule has 0 spiro atoms. The van der Waals surface area contributed by atoms with E-state index in [1.807, 2.05) is 0 Å². The molecule has 1 aliphatic rings. The topological polar surface area (TPSA) is 29.3 Å². The summed E-state index contributed by atoms with van der Waals surface area (Å²) in [6, 6.07) is 7.44. The van der Waals surface area contributed by atoms with Crippen LogP contribution in [0.2, 0.25) is 0 Å². The average molecular weight is 357 g/mol. The third kappa shape index (κ3) is 3.71. The summed E-state index contributed by atoms with van der Waals surface area (Å²) >= 11 is 5.69. The first-order valence-electron chi connectivity index (χ1n) is 7.45. The highest BCUT2D eigenvalue weighted by molar-refractivity contribution is 9.10. The van der Waals surface area contributed by atoms with Gasteiger partial charge in [0.25, 0.3) is 0 Å². The molecule has 1 heterocycles. The Labute approximate surface area is 135 Å². The van der Waals surface area contributed by atoms with Crippen LogP contribution >= 0.6 is 27.7 Å². The summed E-state index contributed by atoms with van der Waals surface area (Å²) < 4.78 is 1.15. The van der Waals surface area contributed by atoms with Gasteiger partial charge >= 0.3 is 0 Å². The molecular formula is C16H25BrN2S. The maximum atomic E-state index is 6.17. The lowest BCUT2D eigenvalue weighted by Gasteiger charge is -2.40. The van der Waals surface area contributed by atoms with E-state index < -0.39 is 0 Å². The van der Waals surface area contributed by atoms with Crippen LogP contribution in [0.25, 0.3) is 0 Å². The predicted molar refractivity (Wildman–Crippen MR) is 94.8 cm³/mol. The van der Waals surface area contributed by atoms with Crippen molar-refractivity contribution in [1.82, 2.24) is 0 Å². The van der Waals surface area contributed by atoms with Crippen molar-refractivity contribution < 1.29 is 0 Å². The number of halogens is 1. The SMILES string of the molecule is CCC(N)Cc1ccc(Br)cc1N1CCSC(C)C1C. The molecule has 2 N–H and O–H groups in total. The molecule has 0 saturated carbocycles. The fourth-order valence-electron chi connectivity index (χ4n) is 2.68. The molecule has 0 bridgehead atoms. The Morgan fingerprint density at radius 2 is 2.20 bits per heavy atom. The van der Waals surface area contributed by atoms with Crippen LogP contribution in [-0.4, -0.2) is 29.6 Å². The second-order valence-electron chi connectivity index (χ2n) is 5.66. The highest BCUT2D eigenvalue weighted by Gasteiger charge is 2.27. The van der Waals surface area contributed by atoms with Crippen molar-refractivity contribution in [3.8, 4) is 0 Å². The van der Waals surface area contributed by atoms with E-state index in [1.165, 1.54) is 17.0 Å². The largest absolute Gasteiger partial charge is 0.367 e. The maximum Gasteiger partial charge on any atom is 0.0413 e. The molecule has 0 aliphatic carbocycles. The summed E-state index contributed by atoms with van der Waals surface area (Å²) in [5.74, 6) is 1.21. The van der Waals surface area contributed by atoms with Crippen molar-refractivity contribution in [3.05, 3.63) is 28.2 Å². The Balaban J connectivity index is 2.30. The predicted octanol–water partition coefficient (Wildman–Crippen LogP) is 4.06. The zero-order valence-corrected chi connectivity index (χ0v) is 15.0. The second kappa shape index (κ2) is 7.19. The number of nitrogens with zero attached hydrogens (tertiary/aromatic N) is 1. The molecule has 3 unspecified atom stereocenters. The molecular weight excluding hydrogens is 332 g/mol. The first-order valence-corrected chi connectivity index (χ1v) is 9.29. The number of rotatable bonds is 4. The molecule has 1 saturated heterocycles. The van der Waals surface area contributed by atoms with Crippen LogP contribution in [0.5, 0.6) is 0 Å². The lowest BCUT2D eigenvalue weighted by molar-refractivity contribution is 0.613. The van der Waals surface area contributed by atoms with Crippen LogP contribution in [0.4, 0.5) is 5.69 Å². The number of benzene rings is 1. The molecule has 4 heteroatoms. The van der Waals surface area contributed by atoms with Crippen molar-refractivity contribution >= 4 is 33.4 Å². The molecule has 1 fully saturated rings. The van der Waals surface area contributed by atoms with Gasteiger partial charge in [0.15, 0.2) is 0 Å². The first kappa shape index (κ1) is 16.2. The molecule has 3 atom stereocenters. The molecule has 1 aliphatic heterocycles. The minimum absolute atomic E-state index is 0.252. The Kier molecular flexibility index (Phi) is 5.82. The Bertz CT molecular complexity index is 452. The Hall–Kier alpha value is -0.190. The van der Waals surface area contributed by atoms with Gasteiger partial charge in [0, 0.05) is 39.8 Å². The third-order valence-electron chi connectivity index (χ3n) is 4.25. The third-order valence-corrected chi connectivity index (χ3v) is 6.08. The van der Waals surface area contributed by atoms with Gasteiger partial charge in [0.05, 0.1) is 0 Å². The van der Waals surface area contributed by atoms with Gasteiger partial charge in [0.1, 0.15) is 0 Å².